The molecule has 0 aromatic heterocycles. The third-order valence-corrected chi connectivity index (χ3v) is 2.08. The SMILES string of the molecule is [CH]=CC1CCC(Cl)C1. The molecule has 1 aliphatic carbocycles. The molecule has 1 aliphatic rings. The summed E-state index contributed by atoms with van der Waals surface area (Å²) in [5.41, 5.74) is 0. The Hall–Kier alpha value is 0.0300. The Morgan fingerprint density at radius 3 is 2.50 bits per heavy atom. The van der Waals surface area contributed by atoms with Crippen LogP contribution in [0, 0.1) is 12.5 Å². The molecule has 8 heavy (non-hydrogen) atoms. The minimum atomic E-state index is 0.389. The zero-order valence-electron chi connectivity index (χ0n) is 4.81. The fraction of sp³-hybridized carbons (Fsp3) is 0.714. The van der Waals surface area contributed by atoms with Crippen molar-refractivity contribution in [3.8, 4) is 0 Å². The number of alkyl halides is 1. The molecule has 0 saturated heterocycles. The molecule has 0 aliphatic heterocycles. The van der Waals surface area contributed by atoms with Crippen LogP contribution in [-0.2, 0) is 0 Å². The average molecular weight is 130 g/mol. The molecule has 1 heteroatoms. The van der Waals surface area contributed by atoms with Crippen molar-refractivity contribution >= 4 is 11.6 Å². The number of halogens is 1. The highest BCUT2D eigenvalue weighted by molar-refractivity contribution is 6.20. The van der Waals surface area contributed by atoms with Crippen molar-refractivity contribution in [2.45, 2.75) is 24.6 Å². The second kappa shape index (κ2) is 2.54. The van der Waals surface area contributed by atoms with Gasteiger partial charge in [-0.1, -0.05) is 12.7 Å². The van der Waals surface area contributed by atoms with E-state index in [1.165, 1.54) is 6.42 Å². The maximum atomic E-state index is 5.81. The van der Waals surface area contributed by atoms with Gasteiger partial charge in [0.15, 0.2) is 0 Å². The predicted molar refractivity (Wildman–Crippen MR) is 35.9 cm³/mol. The number of hydrogen-bond acceptors (Lipinski definition) is 0. The van der Waals surface area contributed by atoms with Gasteiger partial charge in [0.05, 0.1) is 0 Å². The van der Waals surface area contributed by atoms with Crippen LogP contribution in [0.1, 0.15) is 19.3 Å². The van der Waals surface area contributed by atoms with Gasteiger partial charge in [0.1, 0.15) is 0 Å². The Bertz CT molecular complexity index is 88.4. The molecule has 0 heterocycles. The van der Waals surface area contributed by atoms with Crippen LogP contribution in [-0.4, -0.2) is 5.38 Å². The predicted octanol–water partition coefficient (Wildman–Crippen LogP) is 2.38. The topological polar surface area (TPSA) is 0 Å². The van der Waals surface area contributed by atoms with E-state index in [4.69, 9.17) is 18.2 Å². The summed E-state index contributed by atoms with van der Waals surface area (Å²) < 4.78 is 0. The van der Waals surface area contributed by atoms with E-state index >= 15 is 0 Å². The second-order valence-corrected chi connectivity index (χ2v) is 2.98. The van der Waals surface area contributed by atoms with Crippen LogP contribution in [0.4, 0.5) is 0 Å². The summed E-state index contributed by atoms with van der Waals surface area (Å²) in [5, 5.41) is 0.389. The first kappa shape index (κ1) is 6.15. The molecule has 0 aromatic rings. The third-order valence-electron chi connectivity index (χ3n) is 1.68. The van der Waals surface area contributed by atoms with Crippen LogP contribution in [0.25, 0.3) is 0 Å². The quantitative estimate of drug-likeness (QED) is 0.477. The number of allylic oxidation sites excluding steroid dienone is 1. The fourth-order valence-corrected chi connectivity index (χ4v) is 1.49. The van der Waals surface area contributed by atoms with E-state index in [0.29, 0.717) is 11.3 Å². The van der Waals surface area contributed by atoms with Crippen LogP contribution in [0.2, 0.25) is 0 Å². The second-order valence-electron chi connectivity index (χ2n) is 2.36. The molecule has 1 radical (unpaired) electrons. The maximum Gasteiger partial charge on any atom is 0.0341 e. The van der Waals surface area contributed by atoms with Crippen molar-refractivity contribution in [2.75, 3.05) is 0 Å². The van der Waals surface area contributed by atoms with E-state index in [2.05, 4.69) is 0 Å². The van der Waals surface area contributed by atoms with E-state index in [0.717, 1.165) is 12.8 Å². The number of hydrogen-bond donors (Lipinski definition) is 0. The van der Waals surface area contributed by atoms with Crippen molar-refractivity contribution in [3.05, 3.63) is 12.7 Å². The van der Waals surface area contributed by atoms with Gasteiger partial charge >= 0.3 is 0 Å². The minimum Gasteiger partial charge on any atom is -0.123 e. The van der Waals surface area contributed by atoms with Crippen LogP contribution < -0.4 is 0 Å². The molecule has 1 saturated carbocycles. The molecule has 1 fully saturated rings. The monoisotopic (exact) mass is 129 g/mol. The molecule has 0 aromatic carbocycles. The molecule has 0 nitrogen and oxygen atoms in total. The maximum absolute atomic E-state index is 5.81. The standard InChI is InChI=1S/C7H10Cl/c1-2-6-3-4-7(8)5-6/h1-2,6-7H,3-5H2. The molecule has 0 bridgehead atoms. The molecule has 45 valence electrons. The highest BCUT2D eigenvalue weighted by atomic mass is 35.5. The van der Waals surface area contributed by atoms with Gasteiger partial charge in [-0.3, -0.25) is 0 Å². The molecule has 2 atom stereocenters. The summed E-state index contributed by atoms with van der Waals surface area (Å²) in [6.07, 6.45) is 5.17. The van der Waals surface area contributed by atoms with Gasteiger partial charge in [0, 0.05) is 5.38 Å². The molecule has 0 N–H and O–H groups in total. The zero-order valence-corrected chi connectivity index (χ0v) is 5.56. The highest BCUT2D eigenvalue weighted by Gasteiger charge is 2.19. The van der Waals surface area contributed by atoms with E-state index in [1.54, 1.807) is 6.08 Å². The van der Waals surface area contributed by atoms with Crippen molar-refractivity contribution < 1.29 is 0 Å². The summed E-state index contributed by atoms with van der Waals surface area (Å²) >= 11 is 5.81. The fourth-order valence-electron chi connectivity index (χ4n) is 1.13. The first-order valence-corrected chi connectivity index (χ1v) is 3.45. The van der Waals surface area contributed by atoms with Gasteiger partial charge in [-0.2, -0.15) is 0 Å². The lowest BCUT2D eigenvalue weighted by atomic mass is 10.1. The zero-order chi connectivity index (χ0) is 5.98. The Morgan fingerprint density at radius 2 is 2.25 bits per heavy atom. The Balaban J connectivity index is 2.32. The molecule has 0 amide bonds. The van der Waals surface area contributed by atoms with Crippen molar-refractivity contribution in [2.24, 2.45) is 5.92 Å². The van der Waals surface area contributed by atoms with Crippen molar-refractivity contribution in [1.29, 1.82) is 0 Å². The summed E-state index contributed by atoms with van der Waals surface area (Å²) in [6.45, 7) is 5.31. The average Bonchev–Trinajstić information content (AvgIpc) is 2.14. The largest absolute Gasteiger partial charge is 0.123 e. The first-order chi connectivity index (χ1) is 3.83. The van der Waals surface area contributed by atoms with Crippen LogP contribution in [0.15, 0.2) is 6.08 Å². The summed E-state index contributed by atoms with van der Waals surface area (Å²) in [6, 6.07) is 0. The normalized spacial score (nSPS) is 37.6. The van der Waals surface area contributed by atoms with Gasteiger partial charge in [-0.05, 0) is 25.2 Å². The van der Waals surface area contributed by atoms with Gasteiger partial charge in [0.25, 0.3) is 0 Å². The number of rotatable bonds is 1. The summed E-state index contributed by atoms with van der Waals surface area (Å²) in [4.78, 5) is 0. The van der Waals surface area contributed by atoms with E-state index in [9.17, 15) is 0 Å². The Labute approximate surface area is 55.5 Å². The molecule has 1 rings (SSSR count). The van der Waals surface area contributed by atoms with Gasteiger partial charge in [0.2, 0.25) is 0 Å². The molecule has 2 unspecified atom stereocenters. The lowest BCUT2D eigenvalue weighted by molar-refractivity contribution is 0.687. The van der Waals surface area contributed by atoms with Crippen LogP contribution in [0.3, 0.4) is 0 Å². The van der Waals surface area contributed by atoms with Crippen molar-refractivity contribution in [3.63, 3.8) is 0 Å². The molecule has 0 spiro atoms. The third kappa shape index (κ3) is 1.25. The Kier molecular flexibility index (Phi) is 1.95. The van der Waals surface area contributed by atoms with Gasteiger partial charge < -0.3 is 0 Å². The van der Waals surface area contributed by atoms with Crippen molar-refractivity contribution in [1.82, 2.24) is 0 Å². The summed E-state index contributed by atoms with van der Waals surface area (Å²) in [5.74, 6) is 0.595. The van der Waals surface area contributed by atoms with E-state index < -0.39 is 0 Å². The van der Waals surface area contributed by atoms with E-state index in [-0.39, 0.29) is 0 Å². The summed E-state index contributed by atoms with van der Waals surface area (Å²) in [7, 11) is 0. The highest BCUT2D eigenvalue weighted by Crippen LogP contribution is 2.29. The lowest BCUT2D eigenvalue weighted by Crippen LogP contribution is -1.89. The van der Waals surface area contributed by atoms with Gasteiger partial charge in [-0.25, -0.2) is 0 Å². The van der Waals surface area contributed by atoms with Crippen LogP contribution >= 0.6 is 11.6 Å². The van der Waals surface area contributed by atoms with Crippen LogP contribution in [0.5, 0.6) is 0 Å². The van der Waals surface area contributed by atoms with E-state index in [1.807, 2.05) is 0 Å². The first-order valence-electron chi connectivity index (χ1n) is 3.02. The smallest absolute Gasteiger partial charge is 0.0341 e. The molecular weight excluding hydrogens is 120 g/mol. The lowest BCUT2D eigenvalue weighted by Gasteiger charge is -1.96. The Morgan fingerprint density at radius 1 is 1.50 bits per heavy atom. The molecular formula is C7H10Cl. The van der Waals surface area contributed by atoms with Gasteiger partial charge in [-0.15, -0.1) is 11.6 Å². The minimum absolute atomic E-state index is 0.389.